The van der Waals surface area contributed by atoms with Crippen LogP contribution in [0.25, 0.3) is 0 Å². The van der Waals surface area contributed by atoms with E-state index in [0.29, 0.717) is 25.2 Å². The highest BCUT2D eigenvalue weighted by atomic mass is 16.2. The van der Waals surface area contributed by atoms with Crippen LogP contribution in [0.15, 0.2) is 78.7 Å². The molecule has 1 aromatic heterocycles. The number of amides is 3. The molecule has 1 atom stereocenters. The van der Waals surface area contributed by atoms with Gasteiger partial charge in [-0.2, -0.15) is 0 Å². The average molecular weight is 360 g/mol. The van der Waals surface area contributed by atoms with Crippen molar-refractivity contribution in [2.24, 2.45) is 0 Å². The number of aromatic nitrogens is 1. The third kappa shape index (κ3) is 3.10. The van der Waals surface area contributed by atoms with Crippen molar-refractivity contribution in [2.45, 2.75) is 12.6 Å². The SMILES string of the molecule is C=CCN1C(=O)N[C@H](c2ccccc2)C2=C1CN(Cc1ccccn1)C2=O. The molecule has 0 saturated carbocycles. The summed E-state index contributed by atoms with van der Waals surface area (Å²) >= 11 is 0. The summed E-state index contributed by atoms with van der Waals surface area (Å²) in [5.74, 6) is -0.0708. The molecule has 0 bridgehead atoms. The van der Waals surface area contributed by atoms with Crippen molar-refractivity contribution in [3.63, 3.8) is 0 Å². The maximum atomic E-state index is 13.2. The van der Waals surface area contributed by atoms with Gasteiger partial charge < -0.3 is 10.2 Å². The number of nitrogens with one attached hydrogen (secondary N) is 1. The van der Waals surface area contributed by atoms with Gasteiger partial charge in [0.1, 0.15) is 0 Å². The highest BCUT2D eigenvalue weighted by Crippen LogP contribution is 2.36. The van der Waals surface area contributed by atoms with Gasteiger partial charge in [0.2, 0.25) is 0 Å². The topological polar surface area (TPSA) is 65.5 Å². The molecule has 3 amide bonds. The first kappa shape index (κ1) is 17.0. The van der Waals surface area contributed by atoms with Crippen molar-refractivity contribution in [1.82, 2.24) is 20.1 Å². The van der Waals surface area contributed by atoms with E-state index in [-0.39, 0.29) is 11.9 Å². The number of benzene rings is 1. The number of carbonyl (C=O) groups excluding carboxylic acids is 2. The van der Waals surface area contributed by atoms with Crippen LogP contribution in [0, 0.1) is 0 Å². The van der Waals surface area contributed by atoms with E-state index in [9.17, 15) is 9.59 Å². The first-order valence-electron chi connectivity index (χ1n) is 8.85. The molecule has 6 nitrogen and oxygen atoms in total. The number of pyridine rings is 1. The Kier molecular flexibility index (Phi) is 4.46. The van der Waals surface area contributed by atoms with Gasteiger partial charge in [-0.3, -0.25) is 14.7 Å². The molecule has 27 heavy (non-hydrogen) atoms. The van der Waals surface area contributed by atoms with Crippen LogP contribution in [-0.2, 0) is 11.3 Å². The van der Waals surface area contributed by atoms with Crippen LogP contribution in [0.2, 0.25) is 0 Å². The Hall–Kier alpha value is -3.41. The maximum absolute atomic E-state index is 13.2. The van der Waals surface area contributed by atoms with Crippen LogP contribution in [-0.4, -0.2) is 39.8 Å². The number of hydrogen-bond acceptors (Lipinski definition) is 3. The lowest BCUT2D eigenvalue weighted by Crippen LogP contribution is -2.47. The monoisotopic (exact) mass is 360 g/mol. The normalized spacial score (nSPS) is 19.2. The van der Waals surface area contributed by atoms with Crippen molar-refractivity contribution in [3.8, 4) is 0 Å². The van der Waals surface area contributed by atoms with E-state index in [1.165, 1.54) is 0 Å². The Morgan fingerprint density at radius 3 is 2.63 bits per heavy atom. The van der Waals surface area contributed by atoms with Crippen LogP contribution in [0.1, 0.15) is 17.3 Å². The molecule has 0 aliphatic carbocycles. The predicted octanol–water partition coefficient (Wildman–Crippen LogP) is 2.63. The number of nitrogens with zero attached hydrogens (tertiary/aromatic N) is 3. The van der Waals surface area contributed by atoms with E-state index in [4.69, 9.17) is 0 Å². The zero-order valence-electron chi connectivity index (χ0n) is 14.8. The van der Waals surface area contributed by atoms with Crippen LogP contribution in [0.3, 0.4) is 0 Å². The average Bonchev–Trinajstić information content (AvgIpc) is 3.02. The van der Waals surface area contributed by atoms with Crippen molar-refractivity contribution >= 4 is 11.9 Å². The van der Waals surface area contributed by atoms with Gasteiger partial charge in [-0.15, -0.1) is 6.58 Å². The maximum Gasteiger partial charge on any atom is 0.322 e. The van der Waals surface area contributed by atoms with Crippen LogP contribution in [0.4, 0.5) is 4.79 Å². The summed E-state index contributed by atoms with van der Waals surface area (Å²) in [7, 11) is 0. The Morgan fingerprint density at radius 1 is 1.15 bits per heavy atom. The Labute approximate surface area is 157 Å². The third-order valence-electron chi connectivity index (χ3n) is 4.82. The third-order valence-corrected chi connectivity index (χ3v) is 4.82. The number of carbonyl (C=O) groups is 2. The second-order valence-corrected chi connectivity index (χ2v) is 6.54. The van der Waals surface area contributed by atoms with Gasteiger partial charge in [0.05, 0.1) is 36.1 Å². The first-order chi connectivity index (χ1) is 13.2. The molecular weight excluding hydrogens is 340 g/mol. The Bertz CT molecular complexity index is 908. The summed E-state index contributed by atoms with van der Waals surface area (Å²) in [6.45, 7) is 4.88. The van der Waals surface area contributed by atoms with Gasteiger partial charge >= 0.3 is 6.03 Å². The lowest BCUT2D eigenvalue weighted by Gasteiger charge is -2.33. The van der Waals surface area contributed by atoms with E-state index >= 15 is 0 Å². The Morgan fingerprint density at radius 2 is 1.93 bits per heavy atom. The molecule has 1 aromatic carbocycles. The summed E-state index contributed by atoms with van der Waals surface area (Å²) in [5, 5.41) is 2.97. The van der Waals surface area contributed by atoms with Gasteiger partial charge in [0.25, 0.3) is 5.91 Å². The molecule has 136 valence electrons. The van der Waals surface area contributed by atoms with Gasteiger partial charge in [0, 0.05) is 12.7 Å². The molecule has 2 aliphatic rings. The lowest BCUT2D eigenvalue weighted by molar-refractivity contribution is -0.126. The molecule has 4 rings (SSSR count). The molecule has 0 saturated heterocycles. The molecule has 0 radical (unpaired) electrons. The van der Waals surface area contributed by atoms with E-state index in [0.717, 1.165) is 17.0 Å². The van der Waals surface area contributed by atoms with Crippen LogP contribution < -0.4 is 5.32 Å². The van der Waals surface area contributed by atoms with Gasteiger partial charge in [0.15, 0.2) is 0 Å². The lowest BCUT2D eigenvalue weighted by atomic mass is 9.95. The van der Waals surface area contributed by atoms with E-state index < -0.39 is 6.04 Å². The fraction of sp³-hybridized carbons (Fsp3) is 0.190. The number of urea groups is 1. The zero-order chi connectivity index (χ0) is 18.8. The molecular formula is C21H20N4O2. The van der Waals surface area contributed by atoms with Crippen LogP contribution >= 0.6 is 0 Å². The molecule has 6 heteroatoms. The molecule has 2 aromatic rings. The largest absolute Gasteiger partial charge is 0.327 e. The molecule has 0 spiro atoms. The summed E-state index contributed by atoms with van der Waals surface area (Å²) < 4.78 is 0. The fourth-order valence-corrected chi connectivity index (χ4v) is 3.58. The van der Waals surface area contributed by atoms with E-state index in [1.54, 1.807) is 22.1 Å². The van der Waals surface area contributed by atoms with E-state index in [1.807, 2.05) is 48.5 Å². The van der Waals surface area contributed by atoms with Gasteiger partial charge in [-0.1, -0.05) is 42.5 Å². The quantitative estimate of drug-likeness (QED) is 0.834. The molecule has 2 aliphatic heterocycles. The van der Waals surface area contributed by atoms with E-state index in [2.05, 4.69) is 16.9 Å². The highest BCUT2D eigenvalue weighted by molar-refractivity contribution is 6.01. The van der Waals surface area contributed by atoms with Crippen molar-refractivity contribution < 1.29 is 9.59 Å². The molecule has 0 fully saturated rings. The minimum atomic E-state index is -0.448. The fourth-order valence-electron chi connectivity index (χ4n) is 3.58. The van der Waals surface area contributed by atoms with Crippen LogP contribution in [0.5, 0.6) is 0 Å². The molecule has 3 heterocycles. The summed E-state index contributed by atoms with van der Waals surface area (Å²) in [5.41, 5.74) is 3.08. The Balaban J connectivity index is 1.70. The zero-order valence-corrected chi connectivity index (χ0v) is 14.8. The summed E-state index contributed by atoms with van der Waals surface area (Å²) in [6, 6.07) is 14.6. The van der Waals surface area contributed by atoms with Crippen molar-refractivity contribution in [3.05, 3.63) is 89.9 Å². The van der Waals surface area contributed by atoms with Crippen molar-refractivity contribution in [2.75, 3.05) is 13.1 Å². The second-order valence-electron chi connectivity index (χ2n) is 6.54. The summed E-state index contributed by atoms with van der Waals surface area (Å²) in [6.07, 6.45) is 3.38. The second kappa shape index (κ2) is 7.07. The van der Waals surface area contributed by atoms with Gasteiger partial charge in [-0.25, -0.2) is 4.79 Å². The molecule has 1 N–H and O–H groups in total. The number of rotatable bonds is 5. The number of hydrogen-bond donors (Lipinski definition) is 1. The minimum absolute atomic E-state index is 0.0708. The smallest absolute Gasteiger partial charge is 0.322 e. The minimum Gasteiger partial charge on any atom is -0.327 e. The van der Waals surface area contributed by atoms with Gasteiger partial charge in [-0.05, 0) is 17.7 Å². The standard InChI is InChI=1S/C21H20N4O2/c1-2-12-25-17-14-24(13-16-10-6-7-11-22-16)20(26)18(17)19(23-21(25)27)15-8-4-3-5-9-15/h2-11,19H,1,12-14H2,(H,23,27)/t19-/m1/s1. The predicted molar refractivity (Wildman–Crippen MR) is 101 cm³/mol. The molecule has 0 unspecified atom stereocenters. The van der Waals surface area contributed by atoms with Crippen molar-refractivity contribution in [1.29, 1.82) is 0 Å². The highest BCUT2D eigenvalue weighted by Gasteiger charge is 2.43. The first-order valence-corrected chi connectivity index (χ1v) is 8.85. The summed E-state index contributed by atoms with van der Waals surface area (Å²) in [4.78, 5) is 33.5.